The van der Waals surface area contributed by atoms with Crippen molar-refractivity contribution in [3.05, 3.63) is 35.1 Å². The Morgan fingerprint density at radius 2 is 2.12 bits per heavy atom. The number of piperidine rings is 1. The smallest absolute Gasteiger partial charge is 0.410 e. The Morgan fingerprint density at radius 1 is 1.42 bits per heavy atom. The molecule has 0 saturated carbocycles. The number of aryl methyl sites for hydroxylation is 1. The quantitative estimate of drug-likeness (QED) is 0.907. The Hall–Kier alpha value is -1.62. The predicted octanol–water partition coefficient (Wildman–Crippen LogP) is 4.01. The largest absolute Gasteiger partial charge is 0.444 e. The van der Waals surface area contributed by atoms with Crippen LogP contribution in [-0.2, 0) is 11.3 Å². The molecule has 1 fully saturated rings. The van der Waals surface area contributed by atoms with Crippen molar-refractivity contribution in [1.82, 2.24) is 10.2 Å². The van der Waals surface area contributed by atoms with Crippen molar-refractivity contribution in [3.63, 3.8) is 0 Å². The second kappa shape index (κ2) is 7.51. The zero-order valence-electron chi connectivity index (χ0n) is 15.4. The summed E-state index contributed by atoms with van der Waals surface area (Å²) < 4.78 is 19.4. The van der Waals surface area contributed by atoms with Crippen molar-refractivity contribution < 1.29 is 13.9 Å². The van der Waals surface area contributed by atoms with E-state index in [1.165, 1.54) is 6.07 Å². The Bertz CT molecular complexity index is 583. The van der Waals surface area contributed by atoms with Gasteiger partial charge < -0.3 is 15.0 Å². The molecule has 0 bridgehead atoms. The fourth-order valence-corrected chi connectivity index (χ4v) is 3.07. The van der Waals surface area contributed by atoms with Crippen LogP contribution in [0.5, 0.6) is 0 Å². The number of nitrogens with zero attached hydrogens (tertiary/aromatic N) is 1. The third-order valence-electron chi connectivity index (χ3n) is 4.37. The molecule has 0 aliphatic carbocycles. The Morgan fingerprint density at radius 3 is 2.79 bits per heavy atom. The standard InChI is InChI=1S/C19H29FN2O2/c1-13-8-9-16(20)15(11-13)12-21-17-7-6-10-22(14(17)2)18(23)24-19(3,4)5/h8-9,11,14,17,21H,6-7,10,12H2,1-5H3. The lowest BCUT2D eigenvalue weighted by Gasteiger charge is -2.40. The van der Waals surface area contributed by atoms with E-state index in [1.807, 2.05) is 40.7 Å². The number of benzene rings is 1. The number of amides is 1. The summed E-state index contributed by atoms with van der Waals surface area (Å²) in [4.78, 5) is 14.1. The van der Waals surface area contributed by atoms with Crippen LogP contribution in [0.25, 0.3) is 0 Å². The van der Waals surface area contributed by atoms with Crippen LogP contribution < -0.4 is 5.32 Å². The number of halogens is 1. The van der Waals surface area contributed by atoms with Crippen LogP contribution in [0.15, 0.2) is 18.2 Å². The van der Waals surface area contributed by atoms with Crippen molar-refractivity contribution in [2.24, 2.45) is 0 Å². The molecule has 2 rings (SSSR count). The Balaban J connectivity index is 1.98. The minimum atomic E-state index is -0.498. The highest BCUT2D eigenvalue weighted by Gasteiger charge is 2.33. The van der Waals surface area contributed by atoms with E-state index >= 15 is 0 Å². The van der Waals surface area contributed by atoms with Crippen LogP contribution in [-0.4, -0.2) is 35.2 Å². The van der Waals surface area contributed by atoms with Gasteiger partial charge in [0, 0.05) is 30.7 Å². The van der Waals surface area contributed by atoms with E-state index in [0.717, 1.165) is 18.4 Å². The zero-order valence-corrected chi connectivity index (χ0v) is 15.4. The van der Waals surface area contributed by atoms with Crippen molar-refractivity contribution in [2.45, 2.75) is 71.7 Å². The second-order valence-corrected chi connectivity index (χ2v) is 7.64. The lowest BCUT2D eigenvalue weighted by Crippen LogP contribution is -2.55. The minimum absolute atomic E-state index is 0.0153. The van der Waals surface area contributed by atoms with Gasteiger partial charge in [-0.15, -0.1) is 0 Å². The second-order valence-electron chi connectivity index (χ2n) is 7.64. The van der Waals surface area contributed by atoms with Crippen molar-refractivity contribution in [2.75, 3.05) is 6.54 Å². The molecule has 1 saturated heterocycles. The van der Waals surface area contributed by atoms with Gasteiger partial charge in [-0.2, -0.15) is 0 Å². The molecule has 2 unspecified atom stereocenters. The fourth-order valence-electron chi connectivity index (χ4n) is 3.07. The molecule has 1 aliphatic heterocycles. The zero-order chi connectivity index (χ0) is 17.9. The highest BCUT2D eigenvalue weighted by molar-refractivity contribution is 5.68. The van der Waals surface area contributed by atoms with E-state index in [1.54, 1.807) is 11.0 Å². The normalized spacial score (nSPS) is 21.7. The van der Waals surface area contributed by atoms with Gasteiger partial charge in [0.25, 0.3) is 0 Å². The highest BCUT2D eigenvalue weighted by Crippen LogP contribution is 2.21. The van der Waals surface area contributed by atoms with E-state index in [0.29, 0.717) is 18.7 Å². The first kappa shape index (κ1) is 18.7. The van der Waals surface area contributed by atoms with E-state index in [9.17, 15) is 9.18 Å². The number of nitrogens with one attached hydrogen (secondary N) is 1. The van der Waals surface area contributed by atoms with Crippen LogP contribution in [0.2, 0.25) is 0 Å². The third kappa shape index (κ3) is 4.94. The van der Waals surface area contributed by atoms with E-state index in [-0.39, 0.29) is 24.0 Å². The molecule has 24 heavy (non-hydrogen) atoms. The average Bonchev–Trinajstić information content (AvgIpc) is 2.47. The van der Waals surface area contributed by atoms with Gasteiger partial charge >= 0.3 is 6.09 Å². The lowest BCUT2D eigenvalue weighted by molar-refractivity contribution is 0.00697. The number of likely N-dealkylation sites (tertiary alicyclic amines) is 1. The Labute approximate surface area is 144 Å². The van der Waals surface area contributed by atoms with Crippen LogP contribution in [0.3, 0.4) is 0 Å². The summed E-state index contributed by atoms with van der Waals surface area (Å²) in [5, 5.41) is 3.41. The number of carbonyl (C=O) groups excluding carboxylic acids is 1. The van der Waals surface area contributed by atoms with Gasteiger partial charge in [0.2, 0.25) is 0 Å². The average molecular weight is 336 g/mol. The first-order valence-corrected chi connectivity index (χ1v) is 8.65. The first-order valence-electron chi connectivity index (χ1n) is 8.65. The summed E-state index contributed by atoms with van der Waals surface area (Å²) in [6.07, 6.45) is 1.61. The molecule has 134 valence electrons. The molecule has 0 radical (unpaired) electrons. The predicted molar refractivity (Wildman–Crippen MR) is 93.4 cm³/mol. The Kier molecular flexibility index (Phi) is 5.86. The molecule has 1 aromatic carbocycles. The van der Waals surface area contributed by atoms with E-state index in [4.69, 9.17) is 4.74 Å². The molecule has 5 heteroatoms. The summed E-state index contributed by atoms with van der Waals surface area (Å²) >= 11 is 0. The monoisotopic (exact) mass is 336 g/mol. The van der Waals surface area contributed by atoms with Gasteiger partial charge in [-0.05, 0) is 53.5 Å². The van der Waals surface area contributed by atoms with Crippen LogP contribution in [0.4, 0.5) is 9.18 Å². The number of hydrogen-bond acceptors (Lipinski definition) is 3. The van der Waals surface area contributed by atoms with Crippen molar-refractivity contribution in [1.29, 1.82) is 0 Å². The summed E-state index contributed by atoms with van der Waals surface area (Å²) in [5.41, 5.74) is 1.21. The maximum absolute atomic E-state index is 13.9. The molecule has 1 aliphatic rings. The van der Waals surface area contributed by atoms with Gasteiger partial charge in [0.15, 0.2) is 0 Å². The summed E-state index contributed by atoms with van der Waals surface area (Å²) in [7, 11) is 0. The molecule has 0 aromatic heterocycles. The van der Waals surface area contributed by atoms with Gasteiger partial charge in [-0.3, -0.25) is 0 Å². The maximum Gasteiger partial charge on any atom is 0.410 e. The number of ether oxygens (including phenoxy) is 1. The van der Waals surface area contributed by atoms with Gasteiger partial charge in [-0.1, -0.05) is 17.7 Å². The molecular formula is C19H29FN2O2. The third-order valence-corrected chi connectivity index (χ3v) is 4.37. The lowest BCUT2D eigenvalue weighted by atomic mass is 9.97. The molecule has 1 amide bonds. The molecule has 1 aromatic rings. The van der Waals surface area contributed by atoms with E-state index < -0.39 is 5.60 Å². The van der Waals surface area contributed by atoms with Gasteiger partial charge in [0.1, 0.15) is 11.4 Å². The maximum atomic E-state index is 13.9. The molecular weight excluding hydrogens is 307 g/mol. The summed E-state index contributed by atoms with van der Waals surface area (Å²) in [6.45, 7) is 10.8. The minimum Gasteiger partial charge on any atom is -0.444 e. The van der Waals surface area contributed by atoms with Gasteiger partial charge in [0.05, 0.1) is 0 Å². The van der Waals surface area contributed by atoms with Crippen molar-refractivity contribution in [3.8, 4) is 0 Å². The molecule has 0 spiro atoms. The topological polar surface area (TPSA) is 41.6 Å². The molecule has 1 heterocycles. The number of hydrogen-bond donors (Lipinski definition) is 1. The number of carbonyl (C=O) groups is 1. The van der Waals surface area contributed by atoms with Gasteiger partial charge in [-0.25, -0.2) is 9.18 Å². The SMILES string of the molecule is Cc1ccc(F)c(CNC2CCCN(C(=O)OC(C)(C)C)C2C)c1. The van der Waals surface area contributed by atoms with Crippen molar-refractivity contribution >= 4 is 6.09 Å². The molecule has 2 atom stereocenters. The summed E-state index contributed by atoms with van der Waals surface area (Å²) in [6, 6.07) is 5.28. The highest BCUT2D eigenvalue weighted by atomic mass is 19.1. The molecule has 1 N–H and O–H groups in total. The van der Waals surface area contributed by atoms with Crippen LogP contribution in [0.1, 0.15) is 51.7 Å². The summed E-state index contributed by atoms with van der Waals surface area (Å²) in [5.74, 6) is -0.194. The van der Waals surface area contributed by atoms with Crippen LogP contribution in [0, 0.1) is 12.7 Å². The molecule has 4 nitrogen and oxygen atoms in total. The van der Waals surface area contributed by atoms with Crippen LogP contribution >= 0.6 is 0 Å². The van der Waals surface area contributed by atoms with E-state index in [2.05, 4.69) is 5.32 Å². The first-order chi connectivity index (χ1) is 11.2. The fraction of sp³-hybridized carbons (Fsp3) is 0.632. The number of rotatable bonds is 3.